The van der Waals surface area contributed by atoms with Crippen molar-refractivity contribution in [2.45, 2.75) is 6.61 Å². The van der Waals surface area contributed by atoms with Gasteiger partial charge in [-0.1, -0.05) is 6.07 Å². The van der Waals surface area contributed by atoms with Crippen LogP contribution in [0.4, 0.5) is 0 Å². The summed E-state index contributed by atoms with van der Waals surface area (Å²) in [7, 11) is 5.09. The number of rotatable bonds is 6. The number of benzene rings is 1. The van der Waals surface area contributed by atoms with E-state index in [0.717, 1.165) is 16.3 Å². The van der Waals surface area contributed by atoms with E-state index in [-0.39, 0.29) is 0 Å². The topological polar surface area (TPSA) is 58.4 Å². The zero-order valence-corrected chi connectivity index (χ0v) is 14.0. The molecule has 7 heteroatoms. The van der Waals surface area contributed by atoms with Crippen molar-refractivity contribution in [3.8, 4) is 27.8 Å². The van der Waals surface area contributed by atoms with E-state index in [1.165, 1.54) is 0 Å². The maximum Gasteiger partial charge on any atom is 0.203 e. The molecule has 0 aliphatic heterocycles. The van der Waals surface area contributed by atoms with Crippen LogP contribution in [0.3, 0.4) is 0 Å². The lowest BCUT2D eigenvalue weighted by Gasteiger charge is -2.13. The van der Waals surface area contributed by atoms with Crippen LogP contribution in [0.25, 0.3) is 10.6 Å². The molecular formula is C16H17N3O3S. The fourth-order valence-electron chi connectivity index (χ4n) is 2.14. The predicted octanol–water partition coefficient (Wildman–Crippen LogP) is 3.14. The fraction of sp³-hybridized carbons (Fsp3) is 0.250. The maximum atomic E-state index is 5.86. The van der Waals surface area contributed by atoms with Gasteiger partial charge in [0.2, 0.25) is 5.75 Å². The van der Waals surface area contributed by atoms with E-state index in [1.54, 1.807) is 36.4 Å². The third kappa shape index (κ3) is 3.29. The molecule has 0 radical (unpaired) electrons. The van der Waals surface area contributed by atoms with E-state index in [2.05, 4.69) is 10.1 Å². The monoisotopic (exact) mass is 331 g/mol. The van der Waals surface area contributed by atoms with Gasteiger partial charge in [-0.3, -0.25) is 4.68 Å². The molecule has 1 aromatic carbocycles. The minimum Gasteiger partial charge on any atom is -0.493 e. The Balaban J connectivity index is 1.76. The van der Waals surface area contributed by atoms with Gasteiger partial charge in [0.25, 0.3) is 0 Å². The highest BCUT2D eigenvalue weighted by molar-refractivity contribution is 7.13. The zero-order valence-electron chi connectivity index (χ0n) is 13.1. The zero-order chi connectivity index (χ0) is 16.2. The van der Waals surface area contributed by atoms with Crippen LogP contribution >= 0.6 is 11.3 Å². The molecule has 0 aliphatic carbocycles. The molecular weight excluding hydrogens is 314 g/mol. The van der Waals surface area contributed by atoms with Gasteiger partial charge < -0.3 is 14.2 Å². The molecule has 0 N–H and O–H groups in total. The molecule has 3 aromatic rings. The summed E-state index contributed by atoms with van der Waals surface area (Å²) in [5, 5.41) is 7.06. The van der Waals surface area contributed by atoms with Crippen molar-refractivity contribution < 1.29 is 14.2 Å². The summed E-state index contributed by atoms with van der Waals surface area (Å²) in [6, 6.07) is 5.52. The van der Waals surface area contributed by atoms with Crippen molar-refractivity contribution in [1.29, 1.82) is 0 Å². The van der Waals surface area contributed by atoms with Gasteiger partial charge in [0.1, 0.15) is 11.6 Å². The van der Waals surface area contributed by atoms with Crippen LogP contribution in [0, 0.1) is 0 Å². The number of methoxy groups -OCH3 is 2. The summed E-state index contributed by atoms with van der Waals surface area (Å²) in [6.07, 6.45) is 3.74. The minimum absolute atomic E-state index is 0.341. The Bertz CT molecular complexity index is 775. The van der Waals surface area contributed by atoms with Crippen LogP contribution in [-0.2, 0) is 13.7 Å². The van der Waals surface area contributed by atoms with Crippen LogP contribution in [0.5, 0.6) is 17.2 Å². The molecule has 0 saturated carbocycles. The third-order valence-electron chi connectivity index (χ3n) is 3.25. The number of aromatic nitrogens is 3. The number of ether oxygens (including phenoxy) is 3. The largest absolute Gasteiger partial charge is 0.493 e. The number of aryl methyl sites for hydroxylation is 1. The second-order valence-electron chi connectivity index (χ2n) is 4.83. The second-order valence-corrected chi connectivity index (χ2v) is 5.69. The van der Waals surface area contributed by atoms with E-state index in [4.69, 9.17) is 14.2 Å². The van der Waals surface area contributed by atoms with E-state index >= 15 is 0 Å². The second kappa shape index (κ2) is 6.70. The van der Waals surface area contributed by atoms with Crippen LogP contribution in [0.1, 0.15) is 5.69 Å². The molecule has 2 aromatic heterocycles. The molecule has 0 fully saturated rings. The number of hydrogen-bond donors (Lipinski definition) is 0. The van der Waals surface area contributed by atoms with Crippen molar-refractivity contribution in [3.63, 3.8) is 0 Å². The molecule has 0 atom stereocenters. The molecule has 6 nitrogen and oxygen atoms in total. The highest BCUT2D eigenvalue weighted by Crippen LogP contribution is 2.37. The summed E-state index contributed by atoms with van der Waals surface area (Å²) in [6.45, 7) is 0.341. The van der Waals surface area contributed by atoms with Crippen molar-refractivity contribution in [2.75, 3.05) is 14.2 Å². The number of nitrogens with zero attached hydrogens (tertiary/aromatic N) is 3. The Kier molecular flexibility index (Phi) is 4.47. The molecule has 2 heterocycles. The van der Waals surface area contributed by atoms with Gasteiger partial charge in [-0.2, -0.15) is 5.10 Å². The average Bonchev–Trinajstić information content (AvgIpc) is 3.21. The van der Waals surface area contributed by atoms with Gasteiger partial charge in [0.15, 0.2) is 11.5 Å². The molecule has 0 spiro atoms. The maximum absolute atomic E-state index is 5.86. The van der Waals surface area contributed by atoms with Crippen molar-refractivity contribution in [3.05, 3.63) is 41.7 Å². The van der Waals surface area contributed by atoms with E-state index in [0.29, 0.717) is 23.9 Å². The Hall–Kier alpha value is -2.54. The van der Waals surface area contributed by atoms with E-state index in [1.807, 2.05) is 36.8 Å². The van der Waals surface area contributed by atoms with Crippen LogP contribution in [-0.4, -0.2) is 29.0 Å². The van der Waals surface area contributed by atoms with Crippen LogP contribution < -0.4 is 14.2 Å². The van der Waals surface area contributed by atoms with Crippen LogP contribution in [0.15, 0.2) is 36.0 Å². The Morgan fingerprint density at radius 1 is 1.17 bits per heavy atom. The first-order chi connectivity index (χ1) is 11.2. The molecule has 0 aliphatic rings. The normalized spacial score (nSPS) is 10.6. The van der Waals surface area contributed by atoms with Crippen molar-refractivity contribution in [1.82, 2.24) is 14.8 Å². The summed E-state index contributed by atoms with van der Waals surface area (Å²) < 4.78 is 18.3. The van der Waals surface area contributed by atoms with Gasteiger partial charge in [-0.15, -0.1) is 11.3 Å². The molecule has 0 saturated heterocycles. The Morgan fingerprint density at radius 3 is 2.52 bits per heavy atom. The summed E-state index contributed by atoms with van der Waals surface area (Å²) in [5.41, 5.74) is 1.85. The van der Waals surface area contributed by atoms with E-state index in [9.17, 15) is 0 Å². The predicted molar refractivity (Wildman–Crippen MR) is 88.2 cm³/mol. The molecule has 3 rings (SSSR count). The van der Waals surface area contributed by atoms with Gasteiger partial charge in [0, 0.05) is 24.2 Å². The molecule has 0 unspecified atom stereocenters. The first-order valence-electron chi connectivity index (χ1n) is 6.98. The van der Waals surface area contributed by atoms with Gasteiger partial charge >= 0.3 is 0 Å². The lowest BCUT2D eigenvalue weighted by atomic mass is 10.3. The molecule has 0 amide bonds. The standard InChI is InChI=1S/C16H17N3O3S/c1-19-8-11(7-17-19)16-18-12(10-23-16)9-22-15-13(20-2)5-4-6-14(15)21-3/h4-8,10H,9H2,1-3H3. The fourth-order valence-corrected chi connectivity index (χ4v) is 2.92. The van der Waals surface area contributed by atoms with Crippen molar-refractivity contribution in [2.24, 2.45) is 7.05 Å². The highest BCUT2D eigenvalue weighted by Gasteiger charge is 2.13. The quantitative estimate of drug-likeness (QED) is 0.694. The van der Waals surface area contributed by atoms with Crippen molar-refractivity contribution >= 4 is 11.3 Å². The third-order valence-corrected chi connectivity index (χ3v) is 4.19. The highest BCUT2D eigenvalue weighted by atomic mass is 32.1. The number of hydrogen-bond acceptors (Lipinski definition) is 6. The lowest BCUT2D eigenvalue weighted by molar-refractivity contribution is 0.263. The van der Waals surface area contributed by atoms with Crippen LogP contribution in [0.2, 0.25) is 0 Å². The average molecular weight is 331 g/mol. The van der Waals surface area contributed by atoms with Gasteiger partial charge in [0.05, 0.1) is 26.1 Å². The van der Waals surface area contributed by atoms with Gasteiger partial charge in [-0.05, 0) is 12.1 Å². The molecule has 0 bridgehead atoms. The van der Waals surface area contributed by atoms with Gasteiger partial charge in [-0.25, -0.2) is 4.98 Å². The molecule has 120 valence electrons. The number of thiazole rings is 1. The minimum atomic E-state index is 0.341. The lowest BCUT2D eigenvalue weighted by Crippen LogP contribution is -2.00. The van der Waals surface area contributed by atoms with E-state index < -0.39 is 0 Å². The summed E-state index contributed by atoms with van der Waals surface area (Å²) >= 11 is 1.56. The first kappa shape index (κ1) is 15.4. The Labute approximate surface area is 138 Å². The summed E-state index contributed by atoms with van der Waals surface area (Å²) in [5.74, 6) is 1.84. The number of para-hydroxylation sites is 1. The smallest absolute Gasteiger partial charge is 0.203 e. The Morgan fingerprint density at radius 2 is 1.91 bits per heavy atom. The molecule has 23 heavy (non-hydrogen) atoms. The summed E-state index contributed by atoms with van der Waals surface area (Å²) in [4.78, 5) is 4.58. The SMILES string of the molecule is COc1cccc(OC)c1OCc1csc(-c2cnn(C)c2)n1. The first-order valence-corrected chi connectivity index (χ1v) is 7.86.